The molecular weight excluding hydrogens is 355 g/mol. The van der Waals surface area contributed by atoms with E-state index in [0.29, 0.717) is 16.4 Å². The highest BCUT2D eigenvalue weighted by Crippen LogP contribution is 2.36. The second-order valence-electron chi connectivity index (χ2n) is 5.64. The Kier molecular flexibility index (Phi) is 8.17. The van der Waals surface area contributed by atoms with Crippen molar-refractivity contribution in [3.8, 4) is 0 Å². The largest absolute Gasteiger partial charge is 0.314 e. The molecule has 1 aromatic rings. The molecule has 1 heterocycles. The molecular formula is C16H25BrClFN2. The van der Waals surface area contributed by atoms with Gasteiger partial charge in [-0.2, -0.15) is 0 Å². The van der Waals surface area contributed by atoms with E-state index in [1.807, 2.05) is 6.07 Å². The van der Waals surface area contributed by atoms with Crippen LogP contribution in [0.1, 0.15) is 38.3 Å². The van der Waals surface area contributed by atoms with Gasteiger partial charge in [0.15, 0.2) is 0 Å². The van der Waals surface area contributed by atoms with Crippen LogP contribution in [-0.4, -0.2) is 31.1 Å². The maximum atomic E-state index is 13.9. The van der Waals surface area contributed by atoms with Gasteiger partial charge in [-0.1, -0.05) is 32.4 Å². The third-order valence-electron chi connectivity index (χ3n) is 4.13. The third kappa shape index (κ3) is 4.65. The van der Waals surface area contributed by atoms with E-state index in [4.69, 9.17) is 0 Å². The van der Waals surface area contributed by atoms with Crippen molar-refractivity contribution in [3.05, 3.63) is 34.1 Å². The van der Waals surface area contributed by atoms with Crippen molar-refractivity contribution in [1.82, 2.24) is 10.2 Å². The van der Waals surface area contributed by atoms with Crippen LogP contribution >= 0.6 is 28.3 Å². The van der Waals surface area contributed by atoms with Crippen molar-refractivity contribution in [1.29, 1.82) is 0 Å². The van der Waals surface area contributed by atoms with Gasteiger partial charge in [0.25, 0.3) is 0 Å². The quantitative estimate of drug-likeness (QED) is 0.816. The van der Waals surface area contributed by atoms with Crippen molar-refractivity contribution in [2.45, 2.75) is 32.7 Å². The maximum absolute atomic E-state index is 13.9. The number of benzene rings is 1. The first-order valence-corrected chi connectivity index (χ1v) is 8.33. The van der Waals surface area contributed by atoms with Crippen LogP contribution in [0, 0.1) is 11.7 Å². The van der Waals surface area contributed by atoms with Crippen LogP contribution < -0.4 is 5.32 Å². The Balaban J connectivity index is 0.00000220. The van der Waals surface area contributed by atoms with E-state index in [1.54, 1.807) is 0 Å². The zero-order chi connectivity index (χ0) is 14.5. The summed E-state index contributed by atoms with van der Waals surface area (Å²) in [7, 11) is 0. The molecule has 1 fully saturated rings. The molecule has 1 aromatic carbocycles. The van der Waals surface area contributed by atoms with Gasteiger partial charge in [-0.25, -0.2) is 4.39 Å². The van der Waals surface area contributed by atoms with Crippen LogP contribution in [0.2, 0.25) is 0 Å². The van der Waals surface area contributed by atoms with Gasteiger partial charge in [-0.3, -0.25) is 4.90 Å². The van der Waals surface area contributed by atoms with Gasteiger partial charge >= 0.3 is 0 Å². The highest BCUT2D eigenvalue weighted by Gasteiger charge is 2.28. The highest BCUT2D eigenvalue weighted by atomic mass is 79.9. The normalized spacial score (nSPS) is 18.9. The van der Waals surface area contributed by atoms with E-state index >= 15 is 0 Å². The smallest absolute Gasteiger partial charge is 0.137 e. The van der Waals surface area contributed by atoms with Crippen LogP contribution in [-0.2, 0) is 0 Å². The minimum Gasteiger partial charge on any atom is -0.314 e. The minimum atomic E-state index is -0.161. The van der Waals surface area contributed by atoms with Crippen molar-refractivity contribution >= 4 is 28.3 Å². The van der Waals surface area contributed by atoms with Gasteiger partial charge in [0, 0.05) is 32.2 Å². The molecule has 1 unspecified atom stereocenters. The van der Waals surface area contributed by atoms with E-state index in [-0.39, 0.29) is 18.2 Å². The van der Waals surface area contributed by atoms with E-state index in [1.165, 1.54) is 6.07 Å². The van der Waals surface area contributed by atoms with Gasteiger partial charge < -0.3 is 5.32 Å². The zero-order valence-corrected chi connectivity index (χ0v) is 15.1. The van der Waals surface area contributed by atoms with Gasteiger partial charge in [-0.05, 0) is 39.9 Å². The standard InChI is InChI=1S/C16H24BrFN2.ClH/c1-3-5-12(2)16(20-10-8-19-9-11-20)13-6-4-7-14(18)15(13)17;/h4,6-7,12,16,19H,3,5,8-11H2,1-2H3;1H/t12?,16-;/m0./s1. The molecule has 2 atom stereocenters. The van der Waals surface area contributed by atoms with Crippen LogP contribution in [0.3, 0.4) is 0 Å². The van der Waals surface area contributed by atoms with Gasteiger partial charge in [-0.15, -0.1) is 12.4 Å². The van der Waals surface area contributed by atoms with Crippen molar-refractivity contribution < 1.29 is 4.39 Å². The lowest BCUT2D eigenvalue weighted by Gasteiger charge is -2.39. The first kappa shape index (κ1) is 18.9. The summed E-state index contributed by atoms with van der Waals surface area (Å²) in [6, 6.07) is 5.70. The Labute approximate surface area is 142 Å². The fraction of sp³-hybridized carbons (Fsp3) is 0.625. The highest BCUT2D eigenvalue weighted by molar-refractivity contribution is 9.10. The third-order valence-corrected chi connectivity index (χ3v) is 4.96. The molecule has 1 saturated heterocycles. The fourth-order valence-corrected chi connectivity index (χ4v) is 3.68. The van der Waals surface area contributed by atoms with E-state index in [0.717, 1.165) is 44.6 Å². The molecule has 2 nitrogen and oxygen atoms in total. The summed E-state index contributed by atoms with van der Waals surface area (Å²) in [5.41, 5.74) is 1.09. The first-order chi connectivity index (χ1) is 9.65. The molecule has 1 aliphatic rings. The molecule has 0 saturated carbocycles. The molecule has 1 aliphatic heterocycles. The molecule has 0 spiro atoms. The molecule has 0 aliphatic carbocycles. The SMILES string of the molecule is CCCC(C)[C@@H](c1cccc(F)c1Br)N1CCNCC1.Cl. The number of nitrogens with zero attached hydrogens (tertiary/aromatic N) is 1. The second-order valence-corrected chi connectivity index (χ2v) is 6.43. The predicted molar refractivity (Wildman–Crippen MR) is 92.6 cm³/mol. The zero-order valence-electron chi connectivity index (χ0n) is 12.7. The number of rotatable bonds is 5. The van der Waals surface area contributed by atoms with Crippen LogP contribution in [0.5, 0.6) is 0 Å². The summed E-state index contributed by atoms with van der Waals surface area (Å²) < 4.78 is 14.5. The Morgan fingerprint density at radius 1 is 1.33 bits per heavy atom. The molecule has 1 N–H and O–H groups in total. The number of piperazine rings is 1. The van der Waals surface area contributed by atoms with Crippen molar-refractivity contribution in [3.63, 3.8) is 0 Å². The summed E-state index contributed by atoms with van der Waals surface area (Å²) in [4.78, 5) is 2.50. The average molecular weight is 380 g/mol. The number of nitrogens with one attached hydrogen (secondary N) is 1. The Morgan fingerprint density at radius 3 is 2.62 bits per heavy atom. The summed E-state index contributed by atoms with van der Waals surface area (Å²) in [6.45, 7) is 8.59. The second kappa shape index (κ2) is 9.09. The maximum Gasteiger partial charge on any atom is 0.137 e. The molecule has 120 valence electrons. The van der Waals surface area contributed by atoms with Gasteiger partial charge in [0.2, 0.25) is 0 Å². The predicted octanol–water partition coefficient (Wildman–Crippen LogP) is 4.39. The Morgan fingerprint density at radius 2 is 2.00 bits per heavy atom. The lowest BCUT2D eigenvalue weighted by molar-refractivity contribution is 0.125. The number of halogens is 3. The topological polar surface area (TPSA) is 15.3 Å². The van der Waals surface area contributed by atoms with Crippen LogP contribution in [0.15, 0.2) is 22.7 Å². The average Bonchev–Trinajstić information content (AvgIpc) is 2.45. The molecule has 0 amide bonds. The van der Waals surface area contributed by atoms with Crippen LogP contribution in [0.4, 0.5) is 4.39 Å². The van der Waals surface area contributed by atoms with E-state index in [2.05, 4.69) is 46.1 Å². The first-order valence-electron chi connectivity index (χ1n) is 7.53. The van der Waals surface area contributed by atoms with Crippen LogP contribution in [0.25, 0.3) is 0 Å². The fourth-order valence-electron chi connectivity index (χ4n) is 3.19. The number of hydrogen-bond donors (Lipinski definition) is 1. The van der Waals surface area contributed by atoms with Gasteiger partial charge in [0.05, 0.1) is 4.47 Å². The van der Waals surface area contributed by atoms with E-state index in [9.17, 15) is 4.39 Å². The van der Waals surface area contributed by atoms with E-state index < -0.39 is 0 Å². The van der Waals surface area contributed by atoms with Crippen molar-refractivity contribution in [2.75, 3.05) is 26.2 Å². The molecule has 21 heavy (non-hydrogen) atoms. The Bertz CT molecular complexity index is 438. The van der Waals surface area contributed by atoms with Crippen molar-refractivity contribution in [2.24, 2.45) is 5.92 Å². The molecule has 5 heteroatoms. The molecule has 2 rings (SSSR count). The lowest BCUT2D eigenvalue weighted by atomic mass is 9.89. The summed E-state index contributed by atoms with van der Waals surface area (Å²) in [5.74, 6) is 0.363. The number of hydrogen-bond acceptors (Lipinski definition) is 2. The minimum absolute atomic E-state index is 0. The van der Waals surface area contributed by atoms with Gasteiger partial charge in [0.1, 0.15) is 5.82 Å². The molecule has 0 aromatic heterocycles. The molecule has 0 bridgehead atoms. The summed E-state index contributed by atoms with van der Waals surface area (Å²) in [5, 5.41) is 3.39. The molecule has 0 radical (unpaired) electrons. The lowest BCUT2D eigenvalue weighted by Crippen LogP contribution is -2.46. The Hall–Kier alpha value is -0.160. The summed E-state index contributed by atoms with van der Waals surface area (Å²) in [6.07, 6.45) is 2.33. The monoisotopic (exact) mass is 378 g/mol. The summed E-state index contributed by atoms with van der Waals surface area (Å²) >= 11 is 3.45.